The van der Waals surface area contributed by atoms with Gasteiger partial charge < -0.3 is 14.8 Å². The number of halogens is 1. The lowest BCUT2D eigenvalue weighted by atomic mass is 10.1. The Morgan fingerprint density at radius 2 is 1.90 bits per heavy atom. The lowest BCUT2D eigenvalue weighted by molar-refractivity contribution is 0.415. The summed E-state index contributed by atoms with van der Waals surface area (Å²) in [5.41, 5.74) is 1.21. The van der Waals surface area contributed by atoms with Crippen LogP contribution in [0, 0.1) is 0 Å². The smallest absolute Gasteiger partial charge is 0.232 e. The van der Waals surface area contributed by atoms with Gasteiger partial charge in [0.05, 0.1) is 23.7 Å². The zero-order valence-electron chi connectivity index (χ0n) is 11.2. The van der Waals surface area contributed by atoms with Crippen molar-refractivity contribution in [1.82, 2.24) is 4.98 Å². The number of para-hydroxylation sites is 1. The molecule has 0 spiro atoms. The average Bonchev–Trinajstić information content (AvgIpc) is 2.50. The van der Waals surface area contributed by atoms with Crippen LogP contribution in [0.25, 0.3) is 22.2 Å². The molecule has 0 aliphatic rings. The van der Waals surface area contributed by atoms with Crippen molar-refractivity contribution in [2.24, 2.45) is 0 Å². The maximum atomic E-state index is 12.4. The Hall–Kier alpha value is -2.27. The third kappa shape index (κ3) is 2.19. The molecule has 2 N–H and O–H groups in total. The largest absolute Gasteiger partial charge is 0.503 e. The van der Waals surface area contributed by atoms with Crippen LogP contribution in [-0.4, -0.2) is 17.2 Å². The number of methoxy groups -OCH3 is 1. The molecule has 3 aromatic rings. The van der Waals surface area contributed by atoms with Crippen molar-refractivity contribution < 1.29 is 9.84 Å². The van der Waals surface area contributed by atoms with E-state index in [0.717, 1.165) is 0 Å². The highest BCUT2D eigenvalue weighted by atomic mass is 79.9. The zero-order valence-corrected chi connectivity index (χ0v) is 12.8. The Labute approximate surface area is 129 Å². The maximum Gasteiger partial charge on any atom is 0.232 e. The highest BCUT2D eigenvalue weighted by Gasteiger charge is 2.16. The van der Waals surface area contributed by atoms with Gasteiger partial charge in [0.1, 0.15) is 5.75 Å². The molecule has 106 valence electrons. The summed E-state index contributed by atoms with van der Waals surface area (Å²) in [6.07, 6.45) is 0. The fourth-order valence-corrected chi connectivity index (χ4v) is 2.88. The first-order valence-corrected chi connectivity index (χ1v) is 7.09. The average molecular weight is 346 g/mol. The molecular weight excluding hydrogens is 334 g/mol. The minimum atomic E-state index is -0.419. The topological polar surface area (TPSA) is 62.3 Å². The van der Waals surface area contributed by atoms with E-state index in [1.54, 1.807) is 31.4 Å². The van der Waals surface area contributed by atoms with Gasteiger partial charge in [-0.2, -0.15) is 0 Å². The lowest BCUT2D eigenvalue weighted by Crippen LogP contribution is -2.06. The van der Waals surface area contributed by atoms with Crippen LogP contribution in [0.1, 0.15) is 0 Å². The second kappa shape index (κ2) is 5.26. The predicted octanol–water partition coefficient (Wildman–Crippen LogP) is 3.67. The van der Waals surface area contributed by atoms with Crippen molar-refractivity contribution in [3.63, 3.8) is 0 Å². The number of nitrogens with one attached hydrogen (secondary N) is 1. The number of fused-ring (bicyclic) bond motifs is 1. The van der Waals surface area contributed by atoms with Crippen molar-refractivity contribution in [2.75, 3.05) is 7.11 Å². The van der Waals surface area contributed by atoms with Gasteiger partial charge in [0.2, 0.25) is 5.43 Å². The molecule has 0 saturated carbocycles. The van der Waals surface area contributed by atoms with E-state index in [9.17, 15) is 9.90 Å². The van der Waals surface area contributed by atoms with Crippen LogP contribution in [0.2, 0.25) is 0 Å². The number of H-pyrrole nitrogens is 1. The summed E-state index contributed by atoms with van der Waals surface area (Å²) in [5.74, 6) is 0.261. The molecule has 4 nitrogen and oxygen atoms in total. The van der Waals surface area contributed by atoms with Gasteiger partial charge in [0.25, 0.3) is 0 Å². The summed E-state index contributed by atoms with van der Waals surface area (Å²) in [5, 5.41) is 10.7. The molecule has 0 radical (unpaired) electrons. The number of hydrogen-bond acceptors (Lipinski definition) is 3. The Balaban J connectivity index is 2.40. The molecule has 3 rings (SSSR count). The fraction of sp³-hybridized carbons (Fsp3) is 0.0625. The number of aromatic nitrogens is 1. The van der Waals surface area contributed by atoms with Gasteiger partial charge in [0.15, 0.2) is 5.75 Å². The highest BCUT2D eigenvalue weighted by Crippen LogP contribution is 2.34. The number of hydrogen-bond donors (Lipinski definition) is 2. The Morgan fingerprint density at radius 3 is 2.67 bits per heavy atom. The van der Waals surface area contributed by atoms with E-state index in [4.69, 9.17) is 4.74 Å². The molecule has 0 fully saturated rings. The minimum Gasteiger partial charge on any atom is -0.503 e. The first-order valence-electron chi connectivity index (χ1n) is 6.30. The first-order chi connectivity index (χ1) is 10.1. The van der Waals surface area contributed by atoms with Crippen LogP contribution in [0.5, 0.6) is 11.5 Å². The van der Waals surface area contributed by atoms with Gasteiger partial charge >= 0.3 is 0 Å². The summed E-state index contributed by atoms with van der Waals surface area (Å²) in [6.45, 7) is 0. The van der Waals surface area contributed by atoms with Gasteiger partial charge in [-0.3, -0.25) is 4.79 Å². The van der Waals surface area contributed by atoms with Gasteiger partial charge in [0, 0.05) is 10.0 Å². The molecule has 0 aliphatic heterocycles. The van der Waals surface area contributed by atoms with Crippen LogP contribution in [-0.2, 0) is 0 Å². The van der Waals surface area contributed by atoms with Gasteiger partial charge in [-0.05, 0) is 40.2 Å². The van der Waals surface area contributed by atoms with Crippen molar-refractivity contribution >= 4 is 26.8 Å². The second-order valence-electron chi connectivity index (χ2n) is 4.54. The van der Waals surface area contributed by atoms with E-state index in [1.165, 1.54) is 0 Å². The van der Waals surface area contributed by atoms with Crippen molar-refractivity contribution in [2.45, 2.75) is 0 Å². The van der Waals surface area contributed by atoms with E-state index in [1.807, 2.05) is 18.2 Å². The quantitative estimate of drug-likeness (QED) is 0.744. The lowest BCUT2D eigenvalue weighted by Gasteiger charge is -2.11. The molecule has 2 aromatic carbocycles. The number of aromatic hydroxyl groups is 1. The summed E-state index contributed by atoms with van der Waals surface area (Å²) >= 11 is 3.33. The van der Waals surface area contributed by atoms with E-state index >= 15 is 0 Å². The number of rotatable bonds is 2. The molecule has 0 saturated heterocycles. The normalized spacial score (nSPS) is 10.8. The van der Waals surface area contributed by atoms with E-state index in [0.29, 0.717) is 32.4 Å². The van der Waals surface area contributed by atoms with Crippen LogP contribution < -0.4 is 10.2 Å². The molecule has 0 aliphatic carbocycles. The SMILES string of the molecule is COc1ccccc1-c1[nH]c2cccc(Br)c2c(=O)c1O. The molecule has 0 bridgehead atoms. The summed E-state index contributed by atoms with van der Waals surface area (Å²) in [6, 6.07) is 12.6. The number of benzene rings is 2. The summed E-state index contributed by atoms with van der Waals surface area (Å²) in [4.78, 5) is 15.5. The first kappa shape index (κ1) is 13.7. The molecule has 21 heavy (non-hydrogen) atoms. The number of ether oxygens (including phenoxy) is 1. The minimum absolute atomic E-state index is 0.320. The standard InChI is InChI=1S/C16H12BrNO3/c1-21-12-8-3-2-5-9(12)14-16(20)15(19)13-10(17)6-4-7-11(13)18-14/h2-8,20H,1H3,(H,18,19). The van der Waals surface area contributed by atoms with E-state index < -0.39 is 5.43 Å². The van der Waals surface area contributed by atoms with Crippen molar-refractivity contribution in [3.05, 3.63) is 57.2 Å². The van der Waals surface area contributed by atoms with Crippen LogP contribution >= 0.6 is 15.9 Å². The monoisotopic (exact) mass is 345 g/mol. The van der Waals surface area contributed by atoms with Gasteiger partial charge in [-0.15, -0.1) is 0 Å². The highest BCUT2D eigenvalue weighted by molar-refractivity contribution is 9.10. The Bertz CT molecular complexity index is 886. The number of pyridine rings is 1. The molecular formula is C16H12BrNO3. The molecule has 0 atom stereocenters. The molecule has 0 amide bonds. The predicted molar refractivity (Wildman–Crippen MR) is 85.9 cm³/mol. The number of aromatic amines is 1. The molecule has 5 heteroatoms. The van der Waals surface area contributed by atoms with Crippen LogP contribution in [0.15, 0.2) is 51.7 Å². The maximum absolute atomic E-state index is 12.4. The summed E-state index contributed by atoms with van der Waals surface area (Å²) in [7, 11) is 1.55. The van der Waals surface area contributed by atoms with Gasteiger partial charge in [-0.25, -0.2) is 0 Å². The zero-order chi connectivity index (χ0) is 15.0. The summed E-state index contributed by atoms with van der Waals surface area (Å²) < 4.78 is 5.93. The second-order valence-corrected chi connectivity index (χ2v) is 5.39. The van der Waals surface area contributed by atoms with Gasteiger partial charge in [-0.1, -0.05) is 18.2 Å². The Morgan fingerprint density at radius 1 is 1.14 bits per heavy atom. The third-order valence-corrected chi connectivity index (χ3v) is 3.99. The van der Waals surface area contributed by atoms with E-state index in [-0.39, 0.29) is 5.75 Å². The Kier molecular flexibility index (Phi) is 3.43. The fourth-order valence-electron chi connectivity index (χ4n) is 2.33. The van der Waals surface area contributed by atoms with Crippen molar-refractivity contribution in [3.8, 4) is 22.8 Å². The third-order valence-electron chi connectivity index (χ3n) is 3.33. The molecule has 1 aromatic heterocycles. The van der Waals surface area contributed by atoms with E-state index in [2.05, 4.69) is 20.9 Å². The van der Waals surface area contributed by atoms with Crippen LogP contribution in [0.3, 0.4) is 0 Å². The molecule has 1 heterocycles. The van der Waals surface area contributed by atoms with Crippen molar-refractivity contribution in [1.29, 1.82) is 0 Å². The molecule has 0 unspecified atom stereocenters. The van der Waals surface area contributed by atoms with Crippen LogP contribution in [0.4, 0.5) is 0 Å².